The fraction of sp³-hybridized carbons (Fsp3) is 0.611. The van der Waals surface area contributed by atoms with Gasteiger partial charge in [-0.25, -0.2) is 0 Å². The molecule has 1 aromatic carbocycles. The van der Waals surface area contributed by atoms with Gasteiger partial charge < -0.3 is 20.1 Å². The Hall–Kier alpha value is -1.50. The highest BCUT2D eigenvalue weighted by Gasteiger charge is 2.30. The highest BCUT2D eigenvalue weighted by molar-refractivity contribution is 5.92. The number of halogens is 1. The van der Waals surface area contributed by atoms with Crippen molar-refractivity contribution in [3.05, 3.63) is 18.2 Å². The van der Waals surface area contributed by atoms with Gasteiger partial charge in [0.15, 0.2) is 11.5 Å². The van der Waals surface area contributed by atoms with E-state index in [9.17, 15) is 4.79 Å². The van der Waals surface area contributed by atoms with Crippen LogP contribution in [0.3, 0.4) is 0 Å². The van der Waals surface area contributed by atoms with E-state index in [-0.39, 0.29) is 23.7 Å². The molecule has 0 radical (unpaired) electrons. The van der Waals surface area contributed by atoms with Crippen LogP contribution in [0, 0.1) is 5.41 Å². The molecule has 0 spiro atoms. The minimum atomic E-state index is 0. The molecule has 1 fully saturated rings. The van der Waals surface area contributed by atoms with Crippen LogP contribution in [-0.2, 0) is 4.79 Å². The molecule has 2 heterocycles. The Kier molecular flexibility index (Phi) is 6.93. The lowest BCUT2D eigenvalue weighted by Gasteiger charge is -2.30. The van der Waals surface area contributed by atoms with E-state index in [1.54, 1.807) is 0 Å². The topological polar surface area (TPSA) is 62.8 Å². The van der Waals surface area contributed by atoms with E-state index < -0.39 is 0 Å². The van der Waals surface area contributed by atoms with E-state index in [0.717, 1.165) is 44.0 Å². The predicted octanol–water partition coefficient (Wildman–Crippen LogP) is 2.14. The molecule has 1 amide bonds. The molecule has 1 atom stereocenters. The number of ether oxygens (including phenoxy) is 2. The van der Waals surface area contributed by atoms with Gasteiger partial charge in [-0.15, -0.1) is 12.4 Å². The van der Waals surface area contributed by atoms with Crippen molar-refractivity contribution in [1.29, 1.82) is 0 Å². The summed E-state index contributed by atoms with van der Waals surface area (Å²) in [6.07, 6.45) is 1.16. The van der Waals surface area contributed by atoms with Crippen molar-refractivity contribution in [2.45, 2.75) is 20.3 Å². The lowest BCUT2D eigenvalue weighted by Crippen LogP contribution is -2.41. The Labute approximate surface area is 155 Å². The number of hydrogen-bond donors (Lipinski definition) is 2. The van der Waals surface area contributed by atoms with Gasteiger partial charge in [-0.3, -0.25) is 9.69 Å². The first-order chi connectivity index (χ1) is 11.6. The maximum atomic E-state index is 12.4. The maximum Gasteiger partial charge on any atom is 0.238 e. The minimum absolute atomic E-state index is 0. The molecule has 2 aliphatic heterocycles. The SMILES string of the molecule is CCN(CC(=O)Nc1ccc2c(c1)OCCO2)CC1(C)CCNC1.Cl. The average Bonchev–Trinajstić information content (AvgIpc) is 3.00. The number of carbonyl (C=O) groups is 1. The third kappa shape index (κ3) is 5.23. The summed E-state index contributed by atoms with van der Waals surface area (Å²) in [6.45, 7) is 9.79. The second kappa shape index (κ2) is 8.74. The molecule has 3 rings (SSSR count). The number of benzene rings is 1. The summed E-state index contributed by atoms with van der Waals surface area (Å²) in [5.41, 5.74) is 1.00. The molecule has 7 heteroatoms. The zero-order valence-corrected chi connectivity index (χ0v) is 15.8. The third-order valence-corrected chi connectivity index (χ3v) is 4.70. The van der Waals surface area contributed by atoms with Gasteiger partial charge in [0.05, 0.1) is 6.54 Å². The van der Waals surface area contributed by atoms with Gasteiger partial charge in [-0.2, -0.15) is 0 Å². The largest absolute Gasteiger partial charge is 0.486 e. The van der Waals surface area contributed by atoms with Crippen molar-refractivity contribution in [2.24, 2.45) is 5.41 Å². The lowest BCUT2D eigenvalue weighted by atomic mass is 9.89. The molecule has 0 saturated carbocycles. The molecule has 0 aromatic heterocycles. The highest BCUT2D eigenvalue weighted by Crippen LogP contribution is 2.32. The van der Waals surface area contributed by atoms with Gasteiger partial charge >= 0.3 is 0 Å². The van der Waals surface area contributed by atoms with Crippen LogP contribution in [-0.4, -0.2) is 56.7 Å². The molecule has 1 saturated heterocycles. The summed E-state index contributed by atoms with van der Waals surface area (Å²) in [6, 6.07) is 5.52. The van der Waals surface area contributed by atoms with Crippen LogP contribution >= 0.6 is 12.4 Å². The summed E-state index contributed by atoms with van der Waals surface area (Å²) in [7, 11) is 0. The van der Waals surface area contributed by atoms with E-state index >= 15 is 0 Å². The van der Waals surface area contributed by atoms with Gasteiger partial charge in [0.25, 0.3) is 0 Å². The lowest BCUT2D eigenvalue weighted by molar-refractivity contribution is -0.117. The van der Waals surface area contributed by atoms with Gasteiger partial charge in [0.2, 0.25) is 5.91 Å². The molecule has 140 valence electrons. The smallest absolute Gasteiger partial charge is 0.238 e. The van der Waals surface area contributed by atoms with Crippen molar-refractivity contribution >= 4 is 24.0 Å². The Balaban J connectivity index is 0.00000225. The second-order valence-corrected chi connectivity index (χ2v) is 6.95. The van der Waals surface area contributed by atoms with Gasteiger partial charge in [0.1, 0.15) is 13.2 Å². The molecular formula is C18H28ClN3O3. The van der Waals surface area contributed by atoms with E-state index in [1.165, 1.54) is 0 Å². The van der Waals surface area contributed by atoms with Crippen LogP contribution in [0.1, 0.15) is 20.3 Å². The number of nitrogens with one attached hydrogen (secondary N) is 2. The van der Waals surface area contributed by atoms with Crippen LogP contribution in [0.2, 0.25) is 0 Å². The van der Waals surface area contributed by atoms with E-state index in [1.807, 2.05) is 18.2 Å². The number of hydrogen-bond acceptors (Lipinski definition) is 5. The fourth-order valence-corrected chi connectivity index (χ4v) is 3.35. The number of nitrogens with zero attached hydrogens (tertiary/aromatic N) is 1. The van der Waals surface area contributed by atoms with Crippen LogP contribution in [0.5, 0.6) is 11.5 Å². The monoisotopic (exact) mass is 369 g/mol. The van der Waals surface area contributed by atoms with E-state index in [2.05, 4.69) is 29.4 Å². The average molecular weight is 370 g/mol. The summed E-state index contributed by atoms with van der Waals surface area (Å²) in [4.78, 5) is 14.6. The molecular weight excluding hydrogens is 342 g/mol. The molecule has 1 aromatic rings. The first-order valence-corrected chi connectivity index (χ1v) is 8.70. The third-order valence-electron chi connectivity index (χ3n) is 4.70. The molecule has 2 aliphatic rings. The molecule has 2 N–H and O–H groups in total. The van der Waals surface area contributed by atoms with Gasteiger partial charge in [-0.1, -0.05) is 13.8 Å². The maximum absolute atomic E-state index is 12.4. The molecule has 6 nitrogen and oxygen atoms in total. The van der Waals surface area contributed by atoms with E-state index in [0.29, 0.717) is 25.5 Å². The first-order valence-electron chi connectivity index (χ1n) is 8.70. The Morgan fingerprint density at radius 2 is 2.08 bits per heavy atom. The number of amides is 1. The second-order valence-electron chi connectivity index (χ2n) is 6.95. The number of carbonyl (C=O) groups excluding carboxylic acids is 1. The fourth-order valence-electron chi connectivity index (χ4n) is 3.35. The van der Waals surface area contributed by atoms with Crippen LogP contribution in [0.4, 0.5) is 5.69 Å². The van der Waals surface area contributed by atoms with E-state index in [4.69, 9.17) is 9.47 Å². The van der Waals surface area contributed by atoms with Crippen molar-refractivity contribution in [2.75, 3.05) is 51.3 Å². The normalized spacial score (nSPS) is 21.7. The quantitative estimate of drug-likeness (QED) is 0.804. The van der Waals surface area contributed by atoms with Crippen molar-refractivity contribution < 1.29 is 14.3 Å². The highest BCUT2D eigenvalue weighted by atomic mass is 35.5. The van der Waals surface area contributed by atoms with Gasteiger partial charge in [0, 0.05) is 24.8 Å². The van der Waals surface area contributed by atoms with Crippen LogP contribution < -0.4 is 20.1 Å². The Bertz CT molecular complexity index is 591. The van der Waals surface area contributed by atoms with Crippen molar-refractivity contribution in [1.82, 2.24) is 10.2 Å². The first kappa shape index (κ1) is 19.8. The summed E-state index contributed by atoms with van der Waals surface area (Å²) in [5.74, 6) is 1.43. The number of likely N-dealkylation sites (N-methyl/N-ethyl adjacent to an activating group) is 1. The van der Waals surface area contributed by atoms with Crippen molar-refractivity contribution in [3.63, 3.8) is 0 Å². The van der Waals surface area contributed by atoms with Crippen LogP contribution in [0.25, 0.3) is 0 Å². The zero-order chi connectivity index (χ0) is 17.0. The molecule has 1 unspecified atom stereocenters. The van der Waals surface area contributed by atoms with Crippen LogP contribution in [0.15, 0.2) is 18.2 Å². The standard InChI is InChI=1S/C18H27N3O3.ClH/c1-3-21(13-18(2)6-7-19-12-18)11-17(22)20-14-4-5-15-16(10-14)24-9-8-23-15;/h4-5,10,19H,3,6-9,11-13H2,1-2H3,(H,20,22);1H. The Morgan fingerprint density at radius 3 is 2.76 bits per heavy atom. The van der Waals surface area contributed by atoms with Crippen molar-refractivity contribution in [3.8, 4) is 11.5 Å². The summed E-state index contributed by atoms with van der Waals surface area (Å²) < 4.78 is 11.1. The molecule has 0 bridgehead atoms. The minimum Gasteiger partial charge on any atom is -0.486 e. The number of rotatable bonds is 6. The van der Waals surface area contributed by atoms with Gasteiger partial charge in [-0.05, 0) is 37.1 Å². The molecule has 0 aliphatic carbocycles. The number of anilines is 1. The molecule has 25 heavy (non-hydrogen) atoms. The number of fused-ring (bicyclic) bond motifs is 1. The summed E-state index contributed by atoms with van der Waals surface area (Å²) >= 11 is 0. The Morgan fingerprint density at radius 1 is 1.32 bits per heavy atom. The summed E-state index contributed by atoms with van der Waals surface area (Å²) in [5, 5.41) is 6.37. The predicted molar refractivity (Wildman–Crippen MR) is 101 cm³/mol. The zero-order valence-electron chi connectivity index (χ0n) is 15.0.